The first-order valence-corrected chi connectivity index (χ1v) is 3.10. The molecule has 0 bridgehead atoms. The van der Waals surface area contributed by atoms with Gasteiger partial charge in [0.25, 0.3) is 0 Å². The van der Waals surface area contributed by atoms with Crippen LogP contribution in [0.4, 0.5) is 0 Å². The van der Waals surface area contributed by atoms with Crippen LogP contribution in [0.3, 0.4) is 0 Å². The third-order valence-electron chi connectivity index (χ3n) is 1.43. The van der Waals surface area contributed by atoms with Crippen molar-refractivity contribution in [1.82, 2.24) is 5.48 Å². The van der Waals surface area contributed by atoms with Crippen molar-refractivity contribution in [1.29, 1.82) is 5.41 Å². The van der Waals surface area contributed by atoms with Gasteiger partial charge in [0.05, 0.1) is 11.4 Å². The highest BCUT2D eigenvalue weighted by molar-refractivity contribution is 6.52. The number of hydrogen-bond donors (Lipinski definition) is 5. The van der Waals surface area contributed by atoms with Crippen molar-refractivity contribution in [3.63, 3.8) is 0 Å². The van der Waals surface area contributed by atoms with Crippen molar-refractivity contribution in [2.45, 2.75) is 0 Å². The number of nitrogens with zero attached hydrogens (tertiary/aromatic N) is 1. The molecule has 6 nitrogen and oxygen atoms in total. The average Bonchev–Trinajstić information content (AvgIpc) is 2.09. The van der Waals surface area contributed by atoms with Gasteiger partial charge in [-0.05, 0) is 12.2 Å². The van der Waals surface area contributed by atoms with E-state index >= 15 is 0 Å². The van der Waals surface area contributed by atoms with E-state index in [1.807, 2.05) is 0 Å². The number of oxime groups is 1. The number of nitrogens with two attached hydrogens (primary N) is 1. The maximum atomic E-state index is 8.52. The summed E-state index contributed by atoms with van der Waals surface area (Å²) in [4.78, 5) is 0. The van der Waals surface area contributed by atoms with Gasteiger partial charge in [0.1, 0.15) is 5.71 Å². The molecule has 0 saturated carbocycles. The monoisotopic (exact) mass is 168 g/mol. The first-order chi connectivity index (χ1) is 5.70. The van der Waals surface area contributed by atoms with E-state index in [1.165, 1.54) is 12.2 Å². The Kier molecular flexibility index (Phi) is 2.11. The Morgan fingerprint density at radius 2 is 2.17 bits per heavy atom. The van der Waals surface area contributed by atoms with Gasteiger partial charge in [-0.15, -0.1) is 0 Å². The summed E-state index contributed by atoms with van der Waals surface area (Å²) in [6.07, 6.45) is 2.83. The van der Waals surface area contributed by atoms with E-state index in [1.54, 1.807) is 5.48 Å². The van der Waals surface area contributed by atoms with Gasteiger partial charge in [0.15, 0.2) is 5.71 Å². The first kappa shape index (κ1) is 8.28. The number of hydrogen-bond acceptors (Lipinski definition) is 6. The summed E-state index contributed by atoms with van der Waals surface area (Å²) in [6.45, 7) is 0. The lowest BCUT2D eigenvalue weighted by atomic mass is 10.0. The zero-order valence-electron chi connectivity index (χ0n) is 6.07. The molecule has 1 aliphatic rings. The summed E-state index contributed by atoms with van der Waals surface area (Å²) >= 11 is 0. The lowest BCUT2D eigenvalue weighted by molar-refractivity contribution is 0.206. The summed E-state index contributed by atoms with van der Waals surface area (Å²) in [6, 6.07) is 0. The molecule has 1 rings (SSSR count). The molecule has 0 radical (unpaired) electrons. The molecule has 0 aromatic rings. The summed E-state index contributed by atoms with van der Waals surface area (Å²) in [5.74, 6) is 0. The molecule has 6 heteroatoms. The smallest absolute Gasteiger partial charge is 0.154 e. The topological polar surface area (TPSA) is 115 Å². The molecule has 0 amide bonds. The fourth-order valence-corrected chi connectivity index (χ4v) is 0.801. The molecule has 0 aliphatic heterocycles. The second-order valence-electron chi connectivity index (χ2n) is 2.14. The highest BCUT2D eigenvalue weighted by Gasteiger charge is 2.18. The van der Waals surface area contributed by atoms with Crippen molar-refractivity contribution < 1.29 is 10.4 Å². The molecule has 0 unspecified atom stereocenters. The molecular formula is C6H8N4O2. The largest absolute Gasteiger partial charge is 0.410 e. The minimum absolute atomic E-state index is 0.0856. The number of rotatable bonds is 1. The van der Waals surface area contributed by atoms with Crippen LogP contribution in [0, 0.1) is 5.41 Å². The van der Waals surface area contributed by atoms with Crippen LogP contribution in [0.2, 0.25) is 0 Å². The zero-order valence-corrected chi connectivity index (χ0v) is 6.07. The molecule has 64 valence electrons. The standard InChI is InChI=1S/C6H8N4O2/c7-3-1-2-4(9-11)6(10-12)5(3)8/h1-2,8-9,11-12H,7H2/b8-5?,10-6-. The van der Waals surface area contributed by atoms with E-state index in [4.69, 9.17) is 21.6 Å². The molecule has 0 spiro atoms. The average molecular weight is 168 g/mol. The first-order valence-electron chi connectivity index (χ1n) is 3.10. The summed E-state index contributed by atoms with van der Waals surface area (Å²) < 4.78 is 0. The van der Waals surface area contributed by atoms with Gasteiger partial charge in [0.2, 0.25) is 0 Å². The predicted molar refractivity (Wildman–Crippen MR) is 42.2 cm³/mol. The molecule has 1 aliphatic carbocycles. The number of nitrogens with one attached hydrogen (secondary N) is 2. The maximum absolute atomic E-state index is 8.52. The van der Waals surface area contributed by atoms with E-state index < -0.39 is 0 Å². The van der Waals surface area contributed by atoms with Gasteiger partial charge >= 0.3 is 0 Å². The van der Waals surface area contributed by atoms with Crippen molar-refractivity contribution in [3.05, 3.63) is 23.5 Å². The molecule has 0 atom stereocenters. The molecular weight excluding hydrogens is 160 g/mol. The molecule has 0 saturated heterocycles. The second kappa shape index (κ2) is 3.05. The third kappa shape index (κ3) is 1.15. The van der Waals surface area contributed by atoms with Crippen LogP contribution in [0.5, 0.6) is 0 Å². The Hall–Kier alpha value is -1.82. The zero-order chi connectivity index (χ0) is 9.14. The Morgan fingerprint density at radius 1 is 1.50 bits per heavy atom. The third-order valence-corrected chi connectivity index (χ3v) is 1.43. The van der Waals surface area contributed by atoms with Crippen LogP contribution in [0.1, 0.15) is 0 Å². The van der Waals surface area contributed by atoms with Crippen LogP contribution in [-0.4, -0.2) is 21.8 Å². The van der Waals surface area contributed by atoms with Crippen LogP contribution < -0.4 is 11.2 Å². The van der Waals surface area contributed by atoms with Crippen LogP contribution in [0.25, 0.3) is 0 Å². The van der Waals surface area contributed by atoms with Gasteiger partial charge in [-0.3, -0.25) is 16.1 Å². The number of hydroxylamine groups is 1. The molecule has 0 fully saturated rings. The predicted octanol–water partition coefficient (Wildman–Crippen LogP) is -0.445. The van der Waals surface area contributed by atoms with Crippen LogP contribution in [-0.2, 0) is 0 Å². The fraction of sp³-hybridized carbons (Fsp3) is 0. The van der Waals surface area contributed by atoms with Gasteiger partial charge in [-0.2, -0.15) is 0 Å². The minimum atomic E-state index is -0.128. The molecule has 0 aromatic carbocycles. The van der Waals surface area contributed by atoms with Gasteiger partial charge in [-0.25, -0.2) is 0 Å². The molecule has 0 aromatic heterocycles. The van der Waals surface area contributed by atoms with Gasteiger partial charge in [-0.1, -0.05) is 5.16 Å². The Morgan fingerprint density at radius 3 is 2.67 bits per heavy atom. The summed E-state index contributed by atoms with van der Waals surface area (Å²) in [5.41, 5.74) is 7.24. The van der Waals surface area contributed by atoms with Crippen LogP contribution in [0.15, 0.2) is 28.7 Å². The Balaban J connectivity index is 3.11. The van der Waals surface area contributed by atoms with Gasteiger partial charge < -0.3 is 10.9 Å². The highest BCUT2D eigenvalue weighted by Crippen LogP contribution is 2.06. The number of allylic oxidation sites excluding steroid dienone is 4. The van der Waals surface area contributed by atoms with E-state index in [2.05, 4.69) is 5.16 Å². The van der Waals surface area contributed by atoms with Crippen LogP contribution >= 0.6 is 0 Å². The van der Waals surface area contributed by atoms with E-state index in [0.717, 1.165) is 0 Å². The Bertz CT molecular complexity index is 303. The quantitative estimate of drug-likeness (QED) is 0.207. The Labute approximate surface area is 68.1 Å². The van der Waals surface area contributed by atoms with Crippen molar-refractivity contribution in [2.75, 3.05) is 0 Å². The summed E-state index contributed by atoms with van der Waals surface area (Å²) in [5, 5.41) is 27.1. The normalized spacial score (nSPS) is 20.4. The second-order valence-corrected chi connectivity index (χ2v) is 2.14. The van der Waals surface area contributed by atoms with E-state index in [-0.39, 0.29) is 22.8 Å². The molecule has 6 N–H and O–H groups in total. The van der Waals surface area contributed by atoms with Crippen molar-refractivity contribution >= 4 is 11.4 Å². The van der Waals surface area contributed by atoms with E-state index in [9.17, 15) is 0 Å². The lowest BCUT2D eigenvalue weighted by Crippen LogP contribution is -2.30. The molecule has 12 heavy (non-hydrogen) atoms. The SMILES string of the molecule is N=C1C(N)=CC=C(NO)/C1=N/O. The highest BCUT2D eigenvalue weighted by atomic mass is 16.5. The lowest BCUT2D eigenvalue weighted by Gasteiger charge is -2.12. The van der Waals surface area contributed by atoms with Crippen molar-refractivity contribution in [3.8, 4) is 0 Å². The van der Waals surface area contributed by atoms with E-state index in [0.29, 0.717) is 0 Å². The van der Waals surface area contributed by atoms with Crippen molar-refractivity contribution in [2.24, 2.45) is 10.9 Å². The minimum Gasteiger partial charge on any atom is -0.410 e. The maximum Gasteiger partial charge on any atom is 0.154 e. The summed E-state index contributed by atoms with van der Waals surface area (Å²) in [7, 11) is 0. The van der Waals surface area contributed by atoms with Gasteiger partial charge in [0, 0.05) is 0 Å². The molecule has 0 heterocycles. The fourth-order valence-electron chi connectivity index (χ4n) is 0.801.